The number of likely N-dealkylation sites (tertiary alicyclic amines) is 1. The molecule has 1 aromatic carbocycles. The Kier molecular flexibility index (Phi) is 8.30. The Morgan fingerprint density at radius 2 is 2.10 bits per heavy atom. The van der Waals surface area contributed by atoms with Crippen molar-refractivity contribution in [3.8, 4) is 0 Å². The van der Waals surface area contributed by atoms with E-state index in [1.54, 1.807) is 29.2 Å². The molecular weight excluding hydrogens is 465 g/mol. The van der Waals surface area contributed by atoms with Gasteiger partial charge in [-0.1, -0.05) is 40.6 Å². The number of carboxylic acids is 1. The molecule has 1 aliphatic rings. The number of aromatic nitrogens is 2. The normalized spacial score (nSPS) is 19.2. The maximum atomic E-state index is 14.4. The molecule has 0 saturated carbocycles. The number of hydrogen-bond donors (Lipinski definition) is 1. The highest BCUT2D eigenvalue weighted by atomic mass is 35.5. The summed E-state index contributed by atoms with van der Waals surface area (Å²) in [6.07, 6.45) is 1.70. The van der Waals surface area contributed by atoms with Crippen molar-refractivity contribution >= 4 is 45.1 Å². The van der Waals surface area contributed by atoms with Gasteiger partial charge in [0.2, 0.25) is 0 Å². The maximum absolute atomic E-state index is 14.4. The molecule has 0 spiro atoms. The number of hydrogen-bond acceptors (Lipinski definition) is 8. The van der Waals surface area contributed by atoms with E-state index in [0.717, 1.165) is 6.08 Å². The molecule has 0 amide bonds. The molecule has 0 aliphatic carbocycles. The van der Waals surface area contributed by atoms with E-state index in [1.807, 2.05) is 0 Å². The van der Waals surface area contributed by atoms with E-state index >= 15 is 0 Å². The number of esters is 1. The van der Waals surface area contributed by atoms with Crippen LogP contribution in [-0.4, -0.2) is 57.6 Å². The second-order valence-electron chi connectivity index (χ2n) is 6.63. The number of carbonyl (C=O) groups is 2. The lowest BCUT2D eigenvalue weighted by atomic mass is 9.98. The largest absolute Gasteiger partial charge is 0.478 e. The third-order valence-electron chi connectivity index (χ3n) is 4.63. The minimum Gasteiger partial charge on any atom is -0.478 e. The van der Waals surface area contributed by atoms with Crippen molar-refractivity contribution in [3.05, 3.63) is 64.6 Å². The van der Waals surface area contributed by atoms with Crippen molar-refractivity contribution in [2.24, 2.45) is 0 Å². The Balaban J connectivity index is 1.80. The SMILES string of the molecule is COC(=O)C(c1ccccc1F)N1CCC(SSc2ccc(Cl)nn2)C(=CC(=O)O)C1. The first-order chi connectivity index (χ1) is 14.9. The van der Waals surface area contributed by atoms with Crippen LogP contribution >= 0.6 is 33.2 Å². The standard InChI is InChI=1S/C20H19ClFN3O4S2/c1-29-20(28)19(13-4-2-3-5-14(13)22)25-9-8-15(12(11-25)10-18(26)27)30-31-17-7-6-16(21)23-24-17/h2-7,10,15,19H,8-9,11H2,1H3,(H,26,27). The van der Waals surface area contributed by atoms with Gasteiger partial charge >= 0.3 is 11.9 Å². The van der Waals surface area contributed by atoms with Gasteiger partial charge in [0.15, 0.2) is 5.15 Å². The van der Waals surface area contributed by atoms with Gasteiger partial charge < -0.3 is 9.84 Å². The third-order valence-corrected chi connectivity index (χ3v) is 7.59. The van der Waals surface area contributed by atoms with Crippen LogP contribution in [0.5, 0.6) is 0 Å². The van der Waals surface area contributed by atoms with Gasteiger partial charge in [-0.25, -0.2) is 14.0 Å². The number of rotatable bonds is 7. The van der Waals surface area contributed by atoms with E-state index in [-0.39, 0.29) is 22.5 Å². The van der Waals surface area contributed by atoms with E-state index in [9.17, 15) is 19.1 Å². The summed E-state index contributed by atoms with van der Waals surface area (Å²) in [5.74, 6) is -2.20. The van der Waals surface area contributed by atoms with E-state index < -0.39 is 23.8 Å². The highest BCUT2D eigenvalue weighted by Crippen LogP contribution is 2.41. The van der Waals surface area contributed by atoms with Gasteiger partial charge in [0.25, 0.3) is 0 Å². The summed E-state index contributed by atoms with van der Waals surface area (Å²) in [5, 5.41) is 17.9. The molecule has 11 heteroatoms. The molecule has 31 heavy (non-hydrogen) atoms. The second-order valence-corrected chi connectivity index (χ2v) is 9.44. The molecule has 2 heterocycles. The summed E-state index contributed by atoms with van der Waals surface area (Å²) in [4.78, 5) is 25.7. The van der Waals surface area contributed by atoms with Crippen molar-refractivity contribution < 1.29 is 23.8 Å². The van der Waals surface area contributed by atoms with E-state index in [0.29, 0.717) is 23.6 Å². The molecule has 2 aromatic rings. The summed E-state index contributed by atoms with van der Waals surface area (Å²) < 4.78 is 19.4. The fourth-order valence-electron chi connectivity index (χ4n) is 3.25. The quantitative estimate of drug-likeness (QED) is 0.356. The van der Waals surface area contributed by atoms with Gasteiger partial charge in [-0.15, -0.1) is 10.2 Å². The monoisotopic (exact) mass is 483 g/mol. The molecule has 1 fully saturated rings. The van der Waals surface area contributed by atoms with Crippen LogP contribution in [0.1, 0.15) is 18.0 Å². The summed E-state index contributed by atoms with van der Waals surface area (Å²) in [6.45, 7) is 0.639. The lowest BCUT2D eigenvalue weighted by Crippen LogP contribution is -2.43. The molecule has 2 unspecified atom stereocenters. The predicted molar refractivity (Wildman–Crippen MR) is 117 cm³/mol. The molecule has 3 rings (SSSR count). The highest BCUT2D eigenvalue weighted by molar-refractivity contribution is 8.77. The minimum atomic E-state index is -1.08. The third kappa shape index (κ3) is 6.19. The van der Waals surface area contributed by atoms with Crippen LogP contribution in [0.2, 0.25) is 5.15 Å². The molecule has 7 nitrogen and oxygen atoms in total. The zero-order valence-electron chi connectivity index (χ0n) is 16.4. The molecule has 1 saturated heterocycles. The highest BCUT2D eigenvalue weighted by Gasteiger charge is 2.36. The molecule has 0 bridgehead atoms. The Morgan fingerprint density at radius 3 is 2.74 bits per heavy atom. The number of halogens is 2. The number of carbonyl (C=O) groups excluding carboxylic acids is 1. The van der Waals surface area contributed by atoms with Crippen molar-refractivity contribution in [1.29, 1.82) is 0 Å². The van der Waals surface area contributed by atoms with Gasteiger partial charge in [0.1, 0.15) is 16.9 Å². The number of ether oxygens (including phenoxy) is 1. The number of aliphatic carboxylic acids is 1. The van der Waals surface area contributed by atoms with Gasteiger partial charge in [-0.05, 0) is 41.0 Å². The number of benzene rings is 1. The van der Waals surface area contributed by atoms with Gasteiger partial charge in [0.05, 0.1) is 7.11 Å². The maximum Gasteiger partial charge on any atom is 0.328 e. The number of nitrogens with zero attached hydrogens (tertiary/aromatic N) is 3. The zero-order chi connectivity index (χ0) is 22.4. The van der Waals surface area contributed by atoms with E-state index in [2.05, 4.69) is 10.2 Å². The first kappa shape index (κ1) is 23.5. The van der Waals surface area contributed by atoms with Crippen molar-refractivity contribution in [2.75, 3.05) is 20.2 Å². The van der Waals surface area contributed by atoms with Gasteiger partial charge in [0, 0.05) is 30.0 Å². The van der Waals surface area contributed by atoms with E-state index in [4.69, 9.17) is 16.3 Å². The first-order valence-corrected chi connectivity index (χ1v) is 11.8. The van der Waals surface area contributed by atoms with Crippen molar-refractivity contribution in [1.82, 2.24) is 15.1 Å². The van der Waals surface area contributed by atoms with Crippen LogP contribution in [0.3, 0.4) is 0 Å². The molecule has 1 N–H and O–H groups in total. The number of piperidine rings is 1. The number of methoxy groups -OCH3 is 1. The molecule has 2 atom stereocenters. The lowest BCUT2D eigenvalue weighted by Gasteiger charge is -2.37. The van der Waals surface area contributed by atoms with Crippen molar-refractivity contribution in [3.63, 3.8) is 0 Å². The molecule has 164 valence electrons. The molecule has 1 aliphatic heterocycles. The summed E-state index contributed by atoms with van der Waals surface area (Å²) in [5.41, 5.74) is 0.810. The zero-order valence-corrected chi connectivity index (χ0v) is 18.8. The second kappa shape index (κ2) is 10.9. The first-order valence-electron chi connectivity index (χ1n) is 9.21. The van der Waals surface area contributed by atoms with Gasteiger partial charge in [-0.3, -0.25) is 4.90 Å². The molecular formula is C20H19ClFN3O4S2. The average molecular weight is 484 g/mol. The van der Waals surface area contributed by atoms with Crippen LogP contribution in [0.25, 0.3) is 0 Å². The Labute approximate surface area is 191 Å². The summed E-state index contributed by atoms with van der Waals surface area (Å²) in [6, 6.07) is 8.40. The topological polar surface area (TPSA) is 92.6 Å². The Morgan fingerprint density at radius 1 is 1.32 bits per heavy atom. The van der Waals surface area contributed by atoms with Crippen LogP contribution in [0.4, 0.5) is 4.39 Å². The Bertz CT molecular complexity index is 977. The van der Waals surface area contributed by atoms with Crippen LogP contribution in [0.15, 0.2) is 53.1 Å². The summed E-state index contributed by atoms with van der Waals surface area (Å²) in [7, 11) is 4.07. The van der Waals surface area contributed by atoms with Crippen LogP contribution < -0.4 is 0 Å². The van der Waals surface area contributed by atoms with Crippen LogP contribution in [0, 0.1) is 5.82 Å². The fourth-order valence-corrected chi connectivity index (χ4v) is 5.80. The average Bonchev–Trinajstić information content (AvgIpc) is 2.75. The predicted octanol–water partition coefficient (Wildman–Crippen LogP) is 4.01. The summed E-state index contributed by atoms with van der Waals surface area (Å²) >= 11 is 5.75. The molecule has 0 radical (unpaired) electrons. The lowest BCUT2D eigenvalue weighted by molar-refractivity contribution is -0.147. The van der Waals surface area contributed by atoms with Crippen molar-refractivity contribution in [2.45, 2.75) is 22.7 Å². The Hall–Kier alpha value is -2.14. The smallest absolute Gasteiger partial charge is 0.328 e. The minimum absolute atomic E-state index is 0.131. The number of carboxylic acid groups (broad SMARTS) is 1. The van der Waals surface area contributed by atoms with Crippen LogP contribution in [-0.2, 0) is 14.3 Å². The van der Waals surface area contributed by atoms with Gasteiger partial charge in [-0.2, -0.15) is 0 Å². The fraction of sp³-hybridized carbons (Fsp3) is 0.300. The molecule has 1 aromatic heterocycles. The van der Waals surface area contributed by atoms with E-state index in [1.165, 1.54) is 40.8 Å².